The Hall–Kier alpha value is -1.03. The van der Waals surface area contributed by atoms with Gasteiger partial charge in [0.1, 0.15) is 0 Å². The zero-order valence-electron chi connectivity index (χ0n) is 9.37. The molecule has 0 unspecified atom stereocenters. The standard InChI is InChI=1S/C12H14BrNO2/c1-12(2)7-8-16-11(15)14(12)10-5-3-9(13)4-6-10/h3-6H,7-8H2,1-2H3. The summed E-state index contributed by atoms with van der Waals surface area (Å²) in [6, 6.07) is 7.68. The van der Waals surface area contributed by atoms with Crippen molar-refractivity contribution in [1.29, 1.82) is 0 Å². The Morgan fingerprint density at radius 3 is 2.50 bits per heavy atom. The van der Waals surface area contributed by atoms with E-state index < -0.39 is 0 Å². The van der Waals surface area contributed by atoms with Crippen molar-refractivity contribution in [3.8, 4) is 0 Å². The second-order valence-corrected chi connectivity index (χ2v) is 5.40. The van der Waals surface area contributed by atoms with Crippen LogP contribution in [0.1, 0.15) is 20.3 Å². The lowest BCUT2D eigenvalue weighted by molar-refractivity contribution is 0.115. The van der Waals surface area contributed by atoms with Crippen molar-refractivity contribution < 1.29 is 9.53 Å². The lowest BCUT2D eigenvalue weighted by Crippen LogP contribution is -2.52. The predicted molar refractivity (Wildman–Crippen MR) is 66.7 cm³/mol. The third kappa shape index (κ3) is 2.07. The van der Waals surface area contributed by atoms with E-state index in [4.69, 9.17) is 4.74 Å². The van der Waals surface area contributed by atoms with E-state index in [-0.39, 0.29) is 11.6 Å². The van der Waals surface area contributed by atoms with Crippen LogP contribution < -0.4 is 4.90 Å². The van der Waals surface area contributed by atoms with Gasteiger partial charge in [0.2, 0.25) is 0 Å². The Bertz CT molecular complexity index is 400. The summed E-state index contributed by atoms with van der Waals surface area (Å²) in [5.41, 5.74) is 0.682. The molecule has 1 aromatic carbocycles. The Labute approximate surface area is 104 Å². The summed E-state index contributed by atoms with van der Waals surface area (Å²) in [4.78, 5) is 13.5. The van der Waals surface area contributed by atoms with Gasteiger partial charge in [0.25, 0.3) is 0 Å². The van der Waals surface area contributed by atoms with E-state index in [1.807, 2.05) is 24.3 Å². The molecule has 0 saturated carbocycles. The molecule has 0 N–H and O–H groups in total. The third-order valence-electron chi connectivity index (χ3n) is 2.81. The van der Waals surface area contributed by atoms with Crippen LogP contribution in [0.25, 0.3) is 0 Å². The Balaban J connectivity index is 2.36. The number of cyclic esters (lactones) is 1. The first-order valence-corrected chi connectivity index (χ1v) is 6.02. The molecule has 1 amide bonds. The molecule has 0 aromatic heterocycles. The largest absolute Gasteiger partial charge is 0.449 e. The summed E-state index contributed by atoms with van der Waals surface area (Å²) in [5.74, 6) is 0. The van der Waals surface area contributed by atoms with E-state index in [2.05, 4.69) is 29.8 Å². The summed E-state index contributed by atoms with van der Waals surface area (Å²) in [5, 5.41) is 0. The van der Waals surface area contributed by atoms with Crippen LogP contribution in [0.5, 0.6) is 0 Å². The van der Waals surface area contributed by atoms with E-state index in [1.165, 1.54) is 0 Å². The van der Waals surface area contributed by atoms with Crippen molar-refractivity contribution in [1.82, 2.24) is 0 Å². The molecule has 0 aliphatic carbocycles. The molecule has 1 saturated heterocycles. The van der Waals surface area contributed by atoms with E-state index in [1.54, 1.807) is 4.90 Å². The first-order valence-electron chi connectivity index (χ1n) is 5.23. The van der Waals surface area contributed by atoms with Crippen LogP contribution >= 0.6 is 15.9 Å². The van der Waals surface area contributed by atoms with Crippen molar-refractivity contribution in [2.75, 3.05) is 11.5 Å². The number of carbonyl (C=O) groups excluding carboxylic acids is 1. The second-order valence-electron chi connectivity index (χ2n) is 4.49. The molecule has 3 nitrogen and oxygen atoms in total. The fraction of sp³-hybridized carbons (Fsp3) is 0.417. The summed E-state index contributed by atoms with van der Waals surface area (Å²) in [6.07, 6.45) is 0.577. The van der Waals surface area contributed by atoms with Gasteiger partial charge in [-0.2, -0.15) is 0 Å². The van der Waals surface area contributed by atoms with E-state index in [9.17, 15) is 4.79 Å². The van der Waals surface area contributed by atoms with Gasteiger partial charge in [-0.25, -0.2) is 4.79 Å². The van der Waals surface area contributed by atoms with Crippen molar-refractivity contribution >= 4 is 27.7 Å². The van der Waals surface area contributed by atoms with Crippen molar-refractivity contribution in [2.24, 2.45) is 0 Å². The highest BCUT2D eigenvalue weighted by molar-refractivity contribution is 9.10. The fourth-order valence-corrected chi connectivity index (χ4v) is 2.12. The minimum Gasteiger partial charge on any atom is -0.449 e. The number of carbonyl (C=O) groups is 1. The van der Waals surface area contributed by atoms with Crippen LogP contribution in [-0.4, -0.2) is 18.2 Å². The fourth-order valence-electron chi connectivity index (χ4n) is 1.86. The zero-order valence-corrected chi connectivity index (χ0v) is 11.0. The van der Waals surface area contributed by atoms with Gasteiger partial charge in [0, 0.05) is 22.1 Å². The predicted octanol–water partition coefficient (Wildman–Crippen LogP) is 3.57. The van der Waals surface area contributed by atoms with Crippen LogP contribution in [0.3, 0.4) is 0 Å². The minimum absolute atomic E-state index is 0.191. The number of rotatable bonds is 1. The van der Waals surface area contributed by atoms with Crippen LogP contribution in [-0.2, 0) is 4.74 Å². The average molecular weight is 284 g/mol. The maximum Gasteiger partial charge on any atom is 0.414 e. The molecule has 4 heteroatoms. The molecule has 0 spiro atoms. The minimum atomic E-state index is -0.265. The van der Waals surface area contributed by atoms with Gasteiger partial charge >= 0.3 is 6.09 Å². The van der Waals surface area contributed by atoms with Gasteiger partial charge in [0.05, 0.1) is 6.61 Å². The second kappa shape index (κ2) is 4.09. The first kappa shape index (κ1) is 11.5. The highest BCUT2D eigenvalue weighted by Crippen LogP contribution is 2.31. The highest BCUT2D eigenvalue weighted by Gasteiger charge is 2.37. The number of anilines is 1. The van der Waals surface area contributed by atoms with E-state index in [0.717, 1.165) is 16.6 Å². The van der Waals surface area contributed by atoms with Crippen LogP contribution in [0.2, 0.25) is 0 Å². The van der Waals surface area contributed by atoms with Gasteiger partial charge < -0.3 is 4.74 Å². The maximum atomic E-state index is 11.8. The molecule has 0 radical (unpaired) electrons. The molecular formula is C12H14BrNO2. The summed E-state index contributed by atoms with van der Waals surface area (Å²) in [6.45, 7) is 4.60. The summed E-state index contributed by atoms with van der Waals surface area (Å²) >= 11 is 3.38. The average Bonchev–Trinajstić information content (AvgIpc) is 2.19. The molecule has 1 aliphatic heterocycles. The third-order valence-corrected chi connectivity index (χ3v) is 3.34. The Morgan fingerprint density at radius 2 is 1.94 bits per heavy atom. The molecule has 1 fully saturated rings. The van der Waals surface area contributed by atoms with Gasteiger partial charge in [-0.3, -0.25) is 4.90 Å². The van der Waals surface area contributed by atoms with E-state index >= 15 is 0 Å². The molecule has 0 atom stereocenters. The van der Waals surface area contributed by atoms with E-state index in [0.29, 0.717) is 6.61 Å². The maximum absolute atomic E-state index is 11.8. The number of ether oxygens (including phenoxy) is 1. The van der Waals surface area contributed by atoms with Crippen molar-refractivity contribution in [2.45, 2.75) is 25.8 Å². The van der Waals surface area contributed by atoms with Gasteiger partial charge in [-0.15, -0.1) is 0 Å². The van der Waals surface area contributed by atoms with Crippen molar-refractivity contribution in [3.63, 3.8) is 0 Å². The highest BCUT2D eigenvalue weighted by atomic mass is 79.9. The number of benzene rings is 1. The molecule has 86 valence electrons. The lowest BCUT2D eigenvalue weighted by atomic mass is 9.97. The van der Waals surface area contributed by atoms with Crippen LogP contribution in [0.15, 0.2) is 28.7 Å². The summed E-state index contributed by atoms with van der Waals surface area (Å²) in [7, 11) is 0. The lowest BCUT2D eigenvalue weighted by Gasteiger charge is -2.41. The van der Waals surface area contributed by atoms with Gasteiger partial charge in [0.15, 0.2) is 0 Å². The van der Waals surface area contributed by atoms with Crippen LogP contribution in [0.4, 0.5) is 10.5 Å². The van der Waals surface area contributed by atoms with Gasteiger partial charge in [-0.05, 0) is 38.1 Å². The Kier molecular flexibility index (Phi) is 2.93. The molecule has 1 heterocycles. The smallest absolute Gasteiger partial charge is 0.414 e. The van der Waals surface area contributed by atoms with Gasteiger partial charge in [-0.1, -0.05) is 15.9 Å². The number of hydrogen-bond donors (Lipinski definition) is 0. The molecule has 1 aromatic rings. The SMILES string of the molecule is CC1(C)CCOC(=O)N1c1ccc(Br)cc1. The zero-order chi connectivity index (χ0) is 11.8. The monoisotopic (exact) mass is 283 g/mol. The first-order chi connectivity index (χ1) is 7.50. The van der Waals surface area contributed by atoms with Crippen LogP contribution in [0, 0.1) is 0 Å². The topological polar surface area (TPSA) is 29.5 Å². The Morgan fingerprint density at radius 1 is 1.31 bits per heavy atom. The molecular weight excluding hydrogens is 270 g/mol. The number of hydrogen-bond acceptors (Lipinski definition) is 2. The molecule has 0 bridgehead atoms. The normalized spacial score (nSPS) is 19.4. The number of nitrogens with zero attached hydrogens (tertiary/aromatic N) is 1. The molecule has 1 aliphatic rings. The molecule has 2 rings (SSSR count). The number of amides is 1. The molecule has 16 heavy (non-hydrogen) atoms. The van der Waals surface area contributed by atoms with Crippen molar-refractivity contribution in [3.05, 3.63) is 28.7 Å². The number of halogens is 1. The summed E-state index contributed by atoms with van der Waals surface area (Å²) < 4.78 is 6.09. The quantitative estimate of drug-likeness (QED) is 0.789.